The van der Waals surface area contributed by atoms with Gasteiger partial charge in [-0.05, 0) is 24.1 Å². The number of ether oxygens (including phenoxy) is 3. The Morgan fingerprint density at radius 1 is 1.36 bits per heavy atom. The SMILES string of the molecule is C#CCOc1c(Cl)cc([C@@H]2C(C(=O)OC)=C(N)OC3=C2C(=O)CCC3)cc1Cl. The van der Waals surface area contributed by atoms with Crippen molar-refractivity contribution < 1.29 is 23.8 Å². The summed E-state index contributed by atoms with van der Waals surface area (Å²) in [5.74, 6) is 1.27. The van der Waals surface area contributed by atoms with E-state index in [4.69, 9.17) is 49.6 Å². The van der Waals surface area contributed by atoms with Gasteiger partial charge in [-0.15, -0.1) is 6.42 Å². The summed E-state index contributed by atoms with van der Waals surface area (Å²) in [7, 11) is 1.23. The van der Waals surface area contributed by atoms with Crippen molar-refractivity contribution in [2.45, 2.75) is 25.2 Å². The predicted octanol–water partition coefficient (Wildman–Crippen LogP) is 3.47. The monoisotopic (exact) mass is 421 g/mol. The second-order valence-corrected chi connectivity index (χ2v) is 7.04. The lowest BCUT2D eigenvalue weighted by molar-refractivity contribution is -0.136. The molecule has 0 saturated heterocycles. The number of allylic oxidation sites excluding steroid dienone is 2. The Kier molecular flexibility index (Phi) is 5.87. The number of terminal acetylenes is 1. The Hall–Kier alpha value is -2.62. The second kappa shape index (κ2) is 8.17. The molecule has 8 heteroatoms. The van der Waals surface area contributed by atoms with Gasteiger partial charge in [-0.1, -0.05) is 29.1 Å². The van der Waals surface area contributed by atoms with Crippen LogP contribution >= 0.6 is 23.2 Å². The molecule has 0 bridgehead atoms. The molecule has 0 unspecified atom stereocenters. The zero-order valence-electron chi connectivity index (χ0n) is 15.0. The van der Waals surface area contributed by atoms with Gasteiger partial charge in [0.2, 0.25) is 5.88 Å². The number of nitrogens with two attached hydrogens (primary N) is 1. The number of methoxy groups -OCH3 is 1. The van der Waals surface area contributed by atoms with Crippen LogP contribution in [0.25, 0.3) is 0 Å². The van der Waals surface area contributed by atoms with Crippen LogP contribution in [0.2, 0.25) is 10.0 Å². The standard InChI is InChI=1S/C20H17Cl2NO5/c1-3-7-27-18-11(21)8-10(9-12(18)22)15-16-13(24)5-4-6-14(16)28-19(23)17(15)20(25)26-2/h1,8-9,15H,4-7,23H2,2H3/t15-/m0/s1. The molecule has 0 spiro atoms. The molecular formula is C20H17Cl2NO5. The van der Waals surface area contributed by atoms with Gasteiger partial charge in [-0.3, -0.25) is 4.79 Å². The highest BCUT2D eigenvalue weighted by Crippen LogP contribution is 2.46. The number of hydrogen-bond donors (Lipinski definition) is 1. The highest BCUT2D eigenvalue weighted by atomic mass is 35.5. The maximum atomic E-state index is 12.7. The molecule has 0 radical (unpaired) electrons. The summed E-state index contributed by atoms with van der Waals surface area (Å²) < 4.78 is 15.8. The van der Waals surface area contributed by atoms with Crippen LogP contribution in [-0.4, -0.2) is 25.5 Å². The largest absolute Gasteiger partial charge is 0.478 e. The number of Topliss-reactive ketones (excluding diaryl/α,β-unsaturated/α-hetero) is 1. The highest BCUT2D eigenvalue weighted by Gasteiger charge is 2.41. The molecule has 0 amide bonds. The fraction of sp³-hybridized carbons (Fsp3) is 0.300. The number of carbonyl (C=O) groups is 2. The first-order valence-corrected chi connectivity index (χ1v) is 9.21. The molecule has 1 aromatic carbocycles. The van der Waals surface area contributed by atoms with E-state index in [1.54, 1.807) is 12.1 Å². The summed E-state index contributed by atoms with van der Waals surface area (Å²) in [6, 6.07) is 3.13. The van der Waals surface area contributed by atoms with Crippen LogP contribution in [0.3, 0.4) is 0 Å². The number of esters is 1. The van der Waals surface area contributed by atoms with Crippen molar-refractivity contribution in [3.63, 3.8) is 0 Å². The molecule has 1 heterocycles. The van der Waals surface area contributed by atoms with Gasteiger partial charge >= 0.3 is 5.97 Å². The number of ketones is 1. The fourth-order valence-electron chi connectivity index (χ4n) is 3.40. The van der Waals surface area contributed by atoms with Gasteiger partial charge in [-0.2, -0.15) is 0 Å². The Labute approximate surface area is 172 Å². The van der Waals surface area contributed by atoms with E-state index in [0.717, 1.165) is 0 Å². The first-order valence-electron chi connectivity index (χ1n) is 8.46. The quantitative estimate of drug-likeness (QED) is 0.591. The van der Waals surface area contributed by atoms with E-state index in [1.807, 2.05) is 0 Å². The van der Waals surface area contributed by atoms with E-state index in [1.165, 1.54) is 7.11 Å². The summed E-state index contributed by atoms with van der Waals surface area (Å²) >= 11 is 12.6. The Balaban J connectivity index is 2.18. The third kappa shape index (κ3) is 3.56. The van der Waals surface area contributed by atoms with Crippen molar-refractivity contribution in [1.82, 2.24) is 0 Å². The average Bonchev–Trinajstić information content (AvgIpc) is 2.65. The zero-order valence-corrected chi connectivity index (χ0v) is 16.5. The molecule has 0 saturated carbocycles. The molecule has 2 N–H and O–H groups in total. The number of halogens is 2. The molecule has 0 aromatic heterocycles. The van der Waals surface area contributed by atoms with Gasteiger partial charge in [0.15, 0.2) is 11.5 Å². The smallest absolute Gasteiger partial charge is 0.340 e. The third-order valence-corrected chi connectivity index (χ3v) is 5.11. The van der Waals surface area contributed by atoms with Gasteiger partial charge in [0, 0.05) is 18.4 Å². The first kappa shape index (κ1) is 20.1. The zero-order chi connectivity index (χ0) is 20.4. The van der Waals surface area contributed by atoms with Crippen LogP contribution in [0.4, 0.5) is 0 Å². The second-order valence-electron chi connectivity index (χ2n) is 6.22. The Morgan fingerprint density at radius 2 is 2.04 bits per heavy atom. The number of rotatable bonds is 4. The van der Waals surface area contributed by atoms with Crippen LogP contribution in [0, 0.1) is 12.3 Å². The van der Waals surface area contributed by atoms with Crippen molar-refractivity contribution in [3.05, 3.63) is 50.5 Å². The molecule has 28 heavy (non-hydrogen) atoms. The van der Waals surface area contributed by atoms with E-state index >= 15 is 0 Å². The molecule has 1 aromatic rings. The Morgan fingerprint density at radius 3 is 2.64 bits per heavy atom. The average molecular weight is 422 g/mol. The predicted molar refractivity (Wildman–Crippen MR) is 104 cm³/mol. The number of carbonyl (C=O) groups excluding carboxylic acids is 2. The van der Waals surface area contributed by atoms with E-state index < -0.39 is 11.9 Å². The van der Waals surface area contributed by atoms with Crippen molar-refractivity contribution >= 4 is 35.0 Å². The molecule has 1 aliphatic heterocycles. The summed E-state index contributed by atoms with van der Waals surface area (Å²) in [5.41, 5.74) is 6.90. The molecule has 1 atom stereocenters. The maximum Gasteiger partial charge on any atom is 0.340 e. The van der Waals surface area contributed by atoms with Crippen LogP contribution in [0.1, 0.15) is 30.7 Å². The normalized spacial score (nSPS) is 18.9. The van der Waals surface area contributed by atoms with Gasteiger partial charge in [0.25, 0.3) is 0 Å². The van der Waals surface area contributed by atoms with Crippen LogP contribution < -0.4 is 10.5 Å². The van der Waals surface area contributed by atoms with Gasteiger partial charge in [-0.25, -0.2) is 4.79 Å². The van der Waals surface area contributed by atoms with Gasteiger partial charge in [0.1, 0.15) is 17.9 Å². The van der Waals surface area contributed by atoms with Gasteiger partial charge in [0.05, 0.1) is 23.1 Å². The van der Waals surface area contributed by atoms with E-state index in [-0.39, 0.29) is 39.6 Å². The third-order valence-electron chi connectivity index (χ3n) is 4.54. The summed E-state index contributed by atoms with van der Waals surface area (Å²) in [6.45, 7) is -0.00982. The number of hydrogen-bond acceptors (Lipinski definition) is 6. The molecule has 0 fully saturated rings. The fourth-order valence-corrected chi connectivity index (χ4v) is 4.01. The lowest BCUT2D eigenvalue weighted by Crippen LogP contribution is -2.31. The topological polar surface area (TPSA) is 87.8 Å². The van der Waals surface area contributed by atoms with E-state index in [9.17, 15) is 9.59 Å². The lowest BCUT2D eigenvalue weighted by Gasteiger charge is -2.32. The molecule has 146 valence electrons. The molecule has 6 nitrogen and oxygen atoms in total. The van der Waals surface area contributed by atoms with Gasteiger partial charge < -0.3 is 19.9 Å². The highest BCUT2D eigenvalue weighted by molar-refractivity contribution is 6.37. The Bertz CT molecular complexity index is 935. The summed E-state index contributed by atoms with van der Waals surface area (Å²) in [4.78, 5) is 25.1. The lowest BCUT2D eigenvalue weighted by atomic mass is 9.77. The molecule has 1 aliphatic carbocycles. The van der Waals surface area contributed by atoms with Crippen molar-refractivity contribution in [2.24, 2.45) is 5.73 Å². The summed E-state index contributed by atoms with van der Waals surface area (Å²) in [6.07, 6.45) is 6.73. The first-order chi connectivity index (χ1) is 13.4. The molecule has 2 aliphatic rings. The van der Waals surface area contributed by atoms with Crippen molar-refractivity contribution in [1.29, 1.82) is 0 Å². The molecule has 3 rings (SSSR count). The van der Waals surface area contributed by atoms with E-state index in [0.29, 0.717) is 36.2 Å². The minimum Gasteiger partial charge on any atom is -0.478 e. The molecular weight excluding hydrogens is 405 g/mol. The van der Waals surface area contributed by atoms with Crippen LogP contribution in [0.5, 0.6) is 5.75 Å². The minimum atomic E-state index is -0.805. The van der Waals surface area contributed by atoms with Crippen molar-refractivity contribution in [2.75, 3.05) is 13.7 Å². The van der Waals surface area contributed by atoms with Crippen LogP contribution in [-0.2, 0) is 19.1 Å². The van der Waals surface area contributed by atoms with Crippen molar-refractivity contribution in [3.8, 4) is 18.1 Å². The van der Waals surface area contributed by atoms with E-state index in [2.05, 4.69) is 5.92 Å². The number of benzene rings is 1. The van der Waals surface area contributed by atoms with Crippen LogP contribution in [0.15, 0.2) is 34.9 Å². The minimum absolute atomic E-state index is 0.00982. The maximum absolute atomic E-state index is 12.7. The summed E-state index contributed by atoms with van der Waals surface area (Å²) in [5, 5.41) is 0.384.